The van der Waals surface area contributed by atoms with Crippen LogP contribution in [0.25, 0.3) is 11.3 Å². The van der Waals surface area contributed by atoms with Crippen molar-refractivity contribution >= 4 is 17.7 Å². The van der Waals surface area contributed by atoms with Crippen LogP contribution in [0, 0.1) is 6.92 Å². The normalized spacial score (nSPS) is 10.6. The highest BCUT2D eigenvalue weighted by Crippen LogP contribution is 2.27. The van der Waals surface area contributed by atoms with Gasteiger partial charge in [0.1, 0.15) is 5.56 Å². The molecule has 0 atom stereocenters. The molecule has 0 saturated carbocycles. The summed E-state index contributed by atoms with van der Waals surface area (Å²) in [5.74, 6) is 0.608. The van der Waals surface area contributed by atoms with E-state index in [1.807, 2.05) is 37.3 Å². The number of esters is 1. The number of benzene rings is 1. The van der Waals surface area contributed by atoms with Gasteiger partial charge in [0, 0.05) is 11.3 Å². The van der Waals surface area contributed by atoms with Crippen LogP contribution in [0.1, 0.15) is 42.7 Å². The molecule has 1 heterocycles. The number of carbonyl (C=O) groups is 1. The summed E-state index contributed by atoms with van der Waals surface area (Å²) in [5, 5.41) is 0.711. The van der Waals surface area contributed by atoms with Crippen LogP contribution < -0.4 is 0 Å². The molecule has 0 aliphatic rings. The fourth-order valence-corrected chi connectivity index (χ4v) is 3.15. The van der Waals surface area contributed by atoms with Gasteiger partial charge in [0.05, 0.1) is 18.0 Å². The maximum Gasteiger partial charge on any atom is 0.342 e. The highest BCUT2D eigenvalue weighted by molar-refractivity contribution is 7.99. The third-order valence-corrected chi connectivity index (χ3v) is 4.26. The fraction of sp³-hybridized carbons (Fsp3) is 0.389. The number of ether oxygens (including phenoxy) is 1. The molecule has 0 unspecified atom stereocenters. The van der Waals surface area contributed by atoms with Gasteiger partial charge in [-0.25, -0.2) is 14.8 Å². The second kappa shape index (κ2) is 8.67. The number of aryl methyl sites for hydroxylation is 1. The predicted molar refractivity (Wildman–Crippen MR) is 93.8 cm³/mol. The van der Waals surface area contributed by atoms with Gasteiger partial charge < -0.3 is 4.74 Å². The van der Waals surface area contributed by atoms with Crippen LogP contribution in [-0.2, 0) is 4.74 Å². The van der Waals surface area contributed by atoms with Crippen molar-refractivity contribution in [1.29, 1.82) is 0 Å². The summed E-state index contributed by atoms with van der Waals surface area (Å²) in [5.41, 5.74) is 2.67. The van der Waals surface area contributed by atoms with E-state index in [-0.39, 0.29) is 5.97 Å². The van der Waals surface area contributed by atoms with Gasteiger partial charge in [-0.15, -0.1) is 0 Å². The first-order valence-electron chi connectivity index (χ1n) is 7.91. The van der Waals surface area contributed by atoms with E-state index in [0.717, 1.165) is 24.2 Å². The first-order chi connectivity index (χ1) is 11.2. The third kappa shape index (κ3) is 4.55. The van der Waals surface area contributed by atoms with Crippen molar-refractivity contribution in [3.8, 4) is 11.3 Å². The lowest BCUT2D eigenvalue weighted by molar-refractivity contribution is 0.0525. The topological polar surface area (TPSA) is 52.1 Å². The summed E-state index contributed by atoms with van der Waals surface area (Å²) in [6.45, 7) is 6.13. The van der Waals surface area contributed by atoms with E-state index in [4.69, 9.17) is 4.74 Å². The summed E-state index contributed by atoms with van der Waals surface area (Å²) >= 11 is 1.63. The lowest BCUT2D eigenvalue weighted by Crippen LogP contribution is -2.12. The average Bonchev–Trinajstić information content (AvgIpc) is 2.55. The van der Waals surface area contributed by atoms with E-state index < -0.39 is 0 Å². The Labute approximate surface area is 141 Å². The summed E-state index contributed by atoms with van der Waals surface area (Å²) in [6, 6.07) is 9.71. The van der Waals surface area contributed by atoms with Crippen molar-refractivity contribution in [2.24, 2.45) is 0 Å². The molecule has 0 aliphatic heterocycles. The SMILES string of the molecule is CCCCSc1nc(C)c(C(=O)OCC)c(-c2ccccc2)n1. The van der Waals surface area contributed by atoms with Crippen molar-refractivity contribution in [3.63, 3.8) is 0 Å². The van der Waals surface area contributed by atoms with Crippen LogP contribution in [0.15, 0.2) is 35.5 Å². The van der Waals surface area contributed by atoms with Crippen molar-refractivity contribution in [3.05, 3.63) is 41.6 Å². The van der Waals surface area contributed by atoms with Gasteiger partial charge >= 0.3 is 5.97 Å². The summed E-state index contributed by atoms with van der Waals surface area (Å²) in [4.78, 5) is 21.4. The molecule has 4 nitrogen and oxygen atoms in total. The van der Waals surface area contributed by atoms with Crippen molar-refractivity contribution in [2.45, 2.75) is 38.8 Å². The largest absolute Gasteiger partial charge is 0.462 e. The molecule has 122 valence electrons. The lowest BCUT2D eigenvalue weighted by atomic mass is 10.0. The monoisotopic (exact) mass is 330 g/mol. The summed E-state index contributed by atoms with van der Waals surface area (Å²) in [7, 11) is 0. The van der Waals surface area contributed by atoms with Gasteiger partial charge in [0.15, 0.2) is 5.16 Å². The number of hydrogen-bond donors (Lipinski definition) is 0. The molecule has 0 saturated heterocycles. The van der Waals surface area contributed by atoms with Gasteiger partial charge in [0.2, 0.25) is 0 Å². The predicted octanol–water partition coefficient (Wildman–Crippen LogP) is 4.52. The van der Waals surface area contributed by atoms with E-state index >= 15 is 0 Å². The number of thioether (sulfide) groups is 1. The second-order valence-corrected chi connectivity index (χ2v) is 6.17. The van der Waals surface area contributed by atoms with E-state index in [1.165, 1.54) is 0 Å². The van der Waals surface area contributed by atoms with Gasteiger partial charge in [-0.2, -0.15) is 0 Å². The molecular formula is C18H22N2O2S. The highest BCUT2D eigenvalue weighted by atomic mass is 32.2. The van der Waals surface area contributed by atoms with Gasteiger partial charge in [-0.3, -0.25) is 0 Å². The highest BCUT2D eigenvalue weighted by Gasteiger charge is 2.21. The Morgan fingerprint density at radius 2 is 1.91 bits per heavy atom. The first-order valence-corrected chi connectivity index (χ1v) is 8.89. The molecular weight excluding hydrogens is 308 g/mol. The van der Waals surface area contributed by atoms with E-state index in [1.54, 1.807) is 18.7 Å². The number of aromatic nitrogens is 2. The fourth-order valence-electron chi connectivity index (χ4n) is 2.17. The zero-order valence-electron chi connectivity index (χ0n) is 13.8. The van der Waals surface area contributed by atoms with E-state index in [0.29, 0.717) is 28.7 Å². The van der Waals surface area contributed by atoms with Gasteiger partial charge in [-0.1, -0.05) is 55.4 Å². The Morgan fingerprint density at radius 1 is 1.17 bits per heavy atom. The van der Waals surface area contributed by atoms with Gasteiger partial charge in [0.25, 0.3) is 0 Å². The Balaban J connectivity index is 2.46. The minimum absolute atomic E-state index is 0.333. The minimum Gasteiger partial charge on any atom is -0.462 e. The molecule has 0 radical (unpaired) electrons. The summed E-state index contributed by atoms with van der Waals surface area (Å²) in [6.07, 6.45) is 2.26. The van der Waals surface area contributed by atoms with Crippen molar-refractivity contribution < 1.29 is 9.53 Å². The van der Waals surface area contributed by atoms with Crippen LogP contribution in [0.4, 0.5) is 0 Å². The van der Waals surface area contributed by atoms with Crippen LogP contribution >= 0.6 is 11.8 Å². The molecule has 0 spiro atoms. The molecule has 0 fully saturated rings. The zero-order valence-corrected chi connectivity index (χ0v) is 14.7. The molecule has 2 rings (SSSR count). The Kier molecular flexibility index (Phi) is 6.59. The van der Waals surface area contributed by atoms with E-state index in [9.17, 15) is 4.79 Å². The van der Waals surface area contributed by atoms with Gasteiger partial charge in [-0.05, 0) is 20.3 Å². The molecule has 23 heavy (non-hydrogen) atoms. The minimum atomic E-state index is -0.367. The summed E-state index contributed by atoms with van der Waals surface area (Å²) < 4.78 is 5.18. The molecule has 0 N–H and O–H groups in total. The molecule has 1 aromatic carbocycles. The lowest BCUT2D eigenvalue weighted by Gasteiger charge is -2.12. The number of nitrogens with zero attached hydrogens (tertiary/aromatic N) is 2. The Bertz CT molecular complexity index is 660. The van der Waals surface area contributed by atoms with Crippen LogP contribution in [0.3, 0.4) is 0 Å². The number of unbranched alkanes of at least 4 members (excludes halogenated alkanes) is 1. The number of rotatable bonds is 7. The quantitative estimate of drug-likeness (QED) is 0.323. The molecule has 1 aromatic heterocycles. The molecule has 0 amide bonds. The number of hydrogen-bond acceptors (Lipinski definition) is 5. The zero-order chi connectivity index (χ0) is 16.7. The van der Waals surface area contributed by atoms with Crippen LogP contribution in [-0.4, -0.2) is 28.3 Å². The average molecular weight is 330 g/mol. The van der Waals surface area contributed by atoms with Crippen LogP contribution in [0.5, 0.6) is 0 Å². The first kappa shape index (κ1) is 17.5. The molecule has 0 aliphatic carbocycles. The van der Waals surface area contributed by atoms with Crippen molar-refractivity contribution in [1.82, 2.24) is 9.97 Å². The molecule has 0 bridgehead atoms. The maximum atomic E-state index is 12.3. The van der Waals surface area contributed by atoms with Crippen molar-refractivity contribution in [2.75, 3.05) is 12.4 Å². The Morgan fingerprint density at radius 3 is 2.57 bits per heavy atom. The van der Waals surface area contributed by atoms with E-state index in [2.05, 4.69) is 16.9 Å². The standard InChI is InChI=1S/C18H22N2O2S/c1-4-6-12-23-18-19-13(3)15(17(21)22-5-2)16(20-18)14-10-8-7-9-11-14/h7-11H,4-6,12H2,1-3H3. The third-order valence-electron chi connectivity index (χ3n) is 3.33. The molecule has 5 heteroatoms. The second-order valence-electron chi connectivity index (χ2n) is 5.10. The smallest absolute Gasteiger partial charge is 0.342 e. The Hall–Kier alpha value is -1.88. The number of carbonyl (C=O) groups excluding carboxylic acids is 1. The molecule has 2 aromatic rings. The maximum absolute atomic E-state index is 12.3. The van der Waals surface area contributed by atoms with Crippen LogP contribution in [0.2, 0.25) is 0 Å².